The van der Waals surface area contributed by atoms with Gasteiger partial charge in [-0.2, -0.15) is 0 Å². The molecule has 3 nitrogen and oxygen atoms in total. The van der Waals surface area contributed by atoms with Crippen molar-refractivity contribution >= 4 is 27.5 Å². The third-order valence-corrected chi connectivity index (χ3v) is 3.41. The molecule has 21 heavy (non-hydrogen) atoms. The first-order valence-corrected chi connectivity index (χ1v) is 7.35. The van der Waals surface area contributed by atoms with Crippen molar-refractivity contribution < 1.29 is 13.9 Å². The van der Waals surface area contributed by atoms with Gasteiger partial charge >= 0.3 is 0 Å². The van der Waals surface area contributed by atoms with Crippen molar-refractivity contribution in [2.45, 2.75) is 13.3 Å². The van der Waals surface area contributed by atoms with E-state index in [9.17, 15) is 9.18 Å². The summed E-state index contributed by atoms with van der Waals surface area (Å²) in [5, 5.41) is 2.49. The van der Waals surface area contributed by atoms with E-state index in [-0.39, 0.29) is 12.3 Å². The number of nitrogens with one attached hydrogen (secondary N) is 1. The zero-order chi connectivity index (χ0) is 15.2. The second-order valence-corrected chi connectivity index (χ2v) is 5.34. The fourth-order valence-corrected chi connectivity index (χ4v) is 2.19. The number of carbonyl (C=O) groups is 1. The summed E-state index contributed by atoms with van der Waals surface area (Å²) in [7, 11) is 0. The lowest BCUT2D eigenvalue weighted by molar-refractivity contribution is -0.118. The van der Waals surface area contributed by atoms with Crippen molar-refractivity contribution in [2.24, 2.45) is 0 Å². The zero-order valence-corrected chi connectivity index (χ0v) is 13.1. The first-order valence-electron chi connectivity index (χ1n) is 6.55. The second-order valence-electron chi connectivity index (χ2n) is 4.42. The summed E-state index contributed by atoms with van der Waals surface area (Å²) in [5.41, 5.74) is 1.16. The summed E-state index contributed by atoms with van der Waals surface area (Å²) < 4.78 is 19.7. The fourth-order valence-electron chi connectivity index (χ4n) is 1.86. The largest absolute Gasteiger partial charge is 0.483 e. The zero-order valence-electron chi connectivity index (χ0n) is 11.5. The van der Waals surface area contributed by atoms with Crippen molar-refractivity contribution in [3.05, 3.63) is 58.3 Å². The number of carbonyl (C=O) groups excluding carboxylic acids is 1. The average Bonchev–Trinajstić information content (AvgIpc) is 2.48. The minimum Gasteiger partial charge on any atom is -0.483 e. The van der Waals surface area contributed by atoms with Gasteiger partial charge in [0.2, 0.25) is 0 Å². The lowest BCUT2D eigenvalue weighted by Crippen LogP contribution is -2.21. The molecule has 0 radical (unpaired) electrons. The lowest BCUT2D eigenvalue weighted by Gasteiger charge is -2.11. The molecular weight excluding hydrogens is 337 g/mol. The molecule has 0 bridgehead atoms. The van der Waals surface area contributed by atoms with Crippen LogP contribution in [0.3, 0.4) is 0 Å². The molecule has 0 saturated heterocycles. The number of benzene rings is 2. The second kappa shape index (κ2) is 7.22. The van der Waals surface area contributed by atoms with Crippen LogP contribution < -0.4 is 10.1 Å². The number of para-hydroxylation sites is 1. The molecule has 0 spiro atoms. The van der Waals surface area contributed by atoms with Crippen LogP contribution in [0.2, 0.25) is 0 Å². The summed E-state index contributed by atoms with van der Waals surface area (Å²) >= 11 is 3.16. The number of hydrogen-bond acceptors (Lipinski definition) is 2. The Hall–Kier alpha value is -1.88. The molecule has 0 heterocycles. The molecule has 2 rings (SSSR count). The molecular formula is C16H15BrFNO2. The first-order chi connectivity index (χ1) is 10.1. The topological polar surface area (TPSA) is 38.3 Å². The Kier molecular flexibility index (Phi) is 5.33. The van der Waals surface area contributed by atoms with Gasteiger partial charge in [-0.25, -0.2) is 4.39 Å². The van der Waals surface area contributed by atoms with Gasteiger partial charge in [-0.05, 0) is 36.2 Å². The van der Waals surface area contributed by atoms with Crippen LogP contribution in [-0.4, -0.2) is 12.5 Å². The molecule has 110 valence electrons. The van der Waals surface area contributed by atoms with Crippen LogP contribution in [-0.2, 0) is 11.2 Å². The minimum absolute atomic E-state index is 0.135. The monoisotopic (exact) mass is 351 g/mol. The highest BCUT2D eigenvalue weighted by molar-refractivity contribution is 9.10. The van der Waals surface area contributed by atoms with Crippen LogP contribution in [0.4, 0.5) is 10.1 Å². The van der Waals surface area contributed by atoms with Gasteiger partial charge < -0.3 is 10.1 Å². The fraction of sp³-hybridized carbons (Fsp3) is 0.188. The standard InChI is InChI=1S/C16H15BrFNO2/c1-2-11-5-3-4-6-15(11)21-10-16(20)19-14-8-7-12(17)9-13(14)18/h3-9H,2,10H2,1H3,(H,19,20). The average molecular weight is 352 g/mol. The summed E-state index contributed by atoms with van der Waals surface area (Å²) in [5.74, 6) is -0.222. The number of anilines is 1. The van der Waals surface area contributed by atoms with E-state index in [1.54, 1.807) is 6.07 Å². The first kappa shape index (κ1) is 15.5. The van der Waals surface area contributed by atoms with E-state index in [2.05, 4.69) is 21.2 Å². The van der Waals surface area contributed by atoms with Gasteiger partial charge in [-0.1, -0.05) is 41.1 Å². The van der Waals surface area contributed by atoms with Crippen molar-refractivity contribution in [3.8, 4) is 5.75 Å². The normalized spacial score (nSPS) is 10.2. The third kappa shape index (κ3) is 4.29. The predicted octanol–water partition coefficient (Wildman–Crippen LogP) is 4.17. The number of halogens is 2. The van der Waals surface area contributed by atoms with E-state index in [1.807, 2.05) is 31.2 Å². The summed E-state index contributed by atoms with van der Waals surface area (Å²) in [6.45, 7) is 1.85. The van der Waals surface area contributed by atoms with Crippen molar-refractivity contribution in [1.29, 1.82) is 0 Å². The summed E-state index contributed by atoms with van der Waals surface area (Å²) in [6.07, 6.45) is 0.819. The minimum atomic E-state index is -0.494. The summed E-state index contributed by atoms with van der Waals surface area (Å²) in [4.78, 5) is 11.8. The molecule has 2 aromatic carbocycles. The Morgan fingerprint density at radius 3 is 2.76 bits per heavy atom. The van der Waals surface area contributed by atoms with Gasteiger partial charge in [0, 0.05) is 4.47 Å². The quantitative estimate of drug-likeness (QED) is 0.877. The smallest absolute Gasteiger partial charge is 0.262 e. The van der Waals surface area contributed by atoms with E-state index in [0.717, 1.165) is 12.0 Å². The maximum atomic E-state index is 13.6. The molecule has 0 aromatic heterocycles. The van der Waals surface area contributed by atoms with Crippen molar-refractivity contribution in [3.63, 3.8) is 0 Å². The Bertz CT molecular complexity index is 646. The number of aryl methyl sites for hydroxylation is 1. The van der Waals surface area contributed by atoms with E-state index < -0.39 is 11.7 Å². The van der Waals surface area contributed by atoms with E-state index >= 15 is 0 Å². The summed E-state index contributed by atoms with van der Waals surface area (Å²) in [6, 6.07) is 12.0. The third-order valence-electron chi connectivity index (χ3n) is 2.92. The van der Waals surface area contributed by atoms with Crippen LogP contribution in [0.1, 0.15) is 12.5 Å². The van der Waals surface area contributed by atoms with Crippen LogP contribution in [0.25, 0.3) is 0 Å². The van der Waals surface area contributed by atoms with Gasteiger partial charge in [0.25, 0.3) is 5.91 Å². The number of rotatable bonds is 5. The van der Waals surface area contributed by atoms with E-state index in [1.165, 1.54) is 12.1 Å². The van der Waals surface area contributed by atoms with Gasteiger partial charge in [-0.15, -0.1) is 0 Å². The Balaban J connectivity index is 1.96. The number of amides is 1. The maximum absolute atomic E-state index is 13.6. The number of ether oxygens (including phenoxy) is 1. The molecule has 0 aliphatic rings. The van der Waals surface area contributed by atoms with Crippen LogP contribution >= 0.6 is 15.9 Å². The van der Waals surface area contributed by atoms with Crippen molar-refractivity contribution in [1.82, 2.24) is 0 Å². The predicted molar refractivity (Wildman–Crippen MR) is 84.0 cm³/mol. The Morgan fingerprint density at radius 2 is 2.05 bits per heavy atom. The highest BCUT2D eigenvalue weighted by Crippen LogP contribution is 2.20. The van der Waals surface area contributed by atoms with Crippen molar-refractivity contribution in [2.75, 3.05) is 11.9 Å². The molecule has 0 saturated carbocycles. The van der Waals surface area contributed by atoms with E-state index in [0.29, 0.717) is 10.2 Å². The van der Waals surface area contributed by atoms with Gasteiger partial charge in [0.05, 0.1) is 5.69 Å². The highest BCUT2D eigenvalue weighted by Gasteiger charge is 2.09. The van der Waals surface area contributed by atoms with E-state index in [4.69, 9.17) is 4.74 Å². The van der Waals surface area contributed by atoms with Crippen LogP contribution in [0, 0.1) is 5.82 Å². The van der Waals surface area contributed by atoms with Gasteiger partial charge in [-0.3, -0.25) is 4.79 Å². The Morgan fingerprint density at radius 1 is 1.29 bits per heavy atom. The van der Waals surface area contributed by atoms with Gasteiger partial charge in [0.1, 0.15) is 11.6 Å². The molecule has 1 amide bonds. The lowest BCUT2D eigenvalue weighted by atomic mass is 10.1. The number of hydrogen-bond donors (Lipinski definition) is 1. The SMILES string of the molecule is CCc1ccccc1OCC(=O)Nc1ccc(Br)cc1F. The molecule has 2 aromatic rings. The van der Waals surface area contributed by atoms with Gasteiger partial charge in [0.15, 0.2) is 6.61 Å². The molecule has 0 aliphatic carbocycles. The van der Waals surface area contributed by atoms with Crippen LogP contribution in [0.5, 0.6) is 5.75 Å². The maximum Gasteiger partial charge on any atom is 0.262 e. The highest BCUT2D eigenvalue weighted by atomic mass is 79.9. The molecule has 0 atom stereocenters. The molecule has 5 heteroatoms. The molecule has 0 aliphatic heterocycles. The molecule has 1 N–H and O–H groups in total. The Labute approximate surface area is 131 Å². The molecule has 0 unspecified atom stereocenters. The van der Waals surface area contributed by atoms with Crippen LogP contribution in [0.15, 0.2) is 46.9 Å². The molecule has 0 fully saturated rings.